The van der Waals surface area contributed by atoms with Crippen LogP contribution in [-0.2, 0) is 0 Å². The Morgan fingerprint density at radius 3 is 1.82 bits per heavy atom. The van der Waals surface area contributed by atoms with E-state index in [2.05, 4.69) is 216 Å². The topological polar surface area (TPSA) is 34.0 Å². The number of hydrogen-bond acceptors (Lipinski definition) is 4. The zero-order valence-electron chi connectivity index (χ0n) is 33.0. The standard InChI is InChI=1S/C56H36N4S/c1-3-15-38(16-4-1)43-19-8-12-24-50(43)59(42-32-34-47-46-21-10-14-26-53(46)61-54(47)36-42)41-30-27-37(28-31-41)40-29-33-45-44-20-9-13-25-51(44)60(52(45)35-40)56-57-49-23-11-7-22-48(49)55(58-56)39-17-5-2-6-18-39/h1-36H. The van der Waals surface area contributed by atoms with Gasteiger partial charge in [-0.3, -0.25) is 4.57 Å². The van der Waals surface area contributed by atoms with Crippen LogP contribution in [0.2, 0.25) is 0 Å². The summed E-state index contributed by atoms with van der Waals surface area (Å²) in [6.45, 7) is 0. The van der Waals surface area contributed by atoms with Crippen LogP contribution in [0.5, 0.6) is 0 Å². The molecule has 12 rings (SSSR count). The number of anilines is 3. The number of fused-ring (bicyclic) bond motifs is 7. The normalized spacial score (nSPS) is 11.6. The largest absolute Gasteiger partial charge is 0.310 e. The van der Waals surface area contributed by atoms with Gasteiger partial charge in [0.1, 0.15) is 0 Å². The first-order valence-corrected chi connectivity index (χ1v) is 21.4. The smallest absolute Gasteiger partial charge is 0.235 e. The second-order valence-electron chi connectivity index (χ2n) is 15.4. The summed E-state index contributed by atoms with van der Waals surface area (Å²) in [4.78, 5) is 12.9. The molecule has 0 fully saturated rings. The van der Waals surface area contributed by atoms with Crippen LogP contribution in [-0.4, -0.2) is 14.5 Å². The van der Waals surface area contributed by atoms with E-state index >= 15 is 0 Å². The van der Waals surface area contributed by atoms with E-state index in [1.165, 1.54) is 36.7 Å². The van der Waals surface area contributed by atoms with Crippen molar-refractivity contribution in [1.29, 1.82) is 0 Å². The first-order chi connectivity index (χ1) is 30.2. The van der Waals surface area contributed by atoms with Gasteiger partial charge in [-0.1, -0.05) is 164 Å². The van der Waals surface area contributed by atoms with Gasteiger partial charge in [-0.15, -0.1) is 11.3 Å². The molecule has 3 aromatic heterocycles. The first kappa shape index (κ1) is 35.1. The molecule has 3 heterocycles. The number of thiophene rings is 1. The Morgan fingerprint density at radius 1 is 0.377 bits per heavy atom. The summed E-state index contributed by atoms with van der Waals surface area (Å²) >= 11 is 1.85. The molecule has 0 aliphatic carbocycles. The lowest BCUT2D eigenvalue weighted by atomic mass is 10.0. The van der Waals surface area contributed by atoms with Crippen molar-refractivity contribution in [2.45, 2.75) is 0 Å². The predicted molar refractivity (Wildman–Crippen MR) is 258 cm³/mol. The highest BCUT2D eigenvalue weighted by Gasteiger charge is 2.20. The Hall–Kier alpha value is -7.86. The number of nitrogens with zero attached hydrogens (tertiary/aromatic N) is 4. The maximum Gasteiger partial charge on any atom is 0.235 e. The summed E-state index contributed by atoms with van der Waals surface area (Å²) in [5, 5.41) is 5.95. The molecule has 5 heteroatoms. The van der Waals surface area contributed by atoms with Crippen LogP contribution < -0.4 is 4.90 Å². The molecule has 0 aliphatic heterocycles. The summed E-state index contributed by atoms with van der Waals surface area (Å²) in [6, 6.07) is 78.0. The molecule has 0 N–H and O–H groups in total. The minimum atomic E-state index is 0.652. The maximum absolute atomic E-state index is 5.31. The molecule has 0 bridgehead atoms. The highest BCUT2D eigenvalue weighted by molar-refractivity contribution is 7.25. The highest BCUT2D eigenvalue weighted by atomic mass is 32.1. The van der Waals surface area contributed by atoms with E-state index in [0.29, 0.717) is 5.95 Å². The molecule has 9 aromatic carbocycles. The third kappa shape index (κ3) is 5.97. The van der Waals surface area contributed by atoms with Crippen molar-refractivity contribution >= 4 is 81.3 Å². The Morgan fingerprint density at radius 2 is 0.984 bits per heavy atom. The number of rotatable bonds is 7. The van der Waals surface area contributed by atoms with Crippen molar-refractivity contribution < 1.29 is 0 Å². The molecule has 286 valence electrons. The van der Waals surface area contributed by atoms with Gasteiger partial charge >= 0.3 is 0 Å². The van der Waals surface area contributed by atoms with E-state index in [4.69, 9.17) is 9.97 Å². The number of benzene rings is 9. The fourth-order valence-electron chi connectivity index (χ4n) is 8.96. The summed E-state index contributed by atoms with van der Waals surface area (Å²) in [7, 11) is 0. The van der Waals surface area contributed by atoms with Gasteiger partial charge in [-0.2, -0.15) is 0 Å². The lowest BCUT2D eigenvalue weighted by Gasteiger charge is -2.28. The Balaban J connectivity index is 1.01. The molecular formula is C56H36N4S. The quantitative estimate of drug-likeness (QED) is 0.161. The second-order valence-corrected chi connectivity index (χ2v) is 16.5. The van der Waals surface area contributed by atoms with Crippen molar-refractivity contribution in [1.82, 2.24) is 14.5 Å². The Labute approximate surface area is 356 Å². The van der Waals surface area contributed by atoms with E-state index in [1.807, 2.05) is 23.5 Å². The van der Waals surface area contributed by atoms with Crippen LogP contribution in [0.25, 0.3) is 92.3 Å². The molecule has 0 atom stereocenters. The monoisotopic (exact) mass is 796 g/mol. The van der Waals surface area contributed by atoms with Crippen molar-refractivity contribution in [3.05, 3.63) is 218 Å². The maximum atomic E-state index is 5.31. The Kier molecular flexibility index (Phi) is 8.32. The fourth-order valence-corrected chi connectivity index (χ4v) is 10.1. The Bertz CT molecular complexity index is 3590. The molecule has 0 saturated heterocycles. The van der Waals surface area contributed by atoms with Crippen LogP contribution in [0.4, 0.5) is 17.1 Å². The van der Waals surface area contributed by atoms with Crippen LogP contribution >= 0.6 is 11.3 Å². The SMILES string of the molecule is c1ccc(-c2ccccc2N(c2ccc(-c3ccc4c5ccccc5n(-c5nc(-c6ccccc6)c6ccccc6n5)c4c3)cc2)c2ccc3c(c2)sc2ccccc23)cc1. The van der Waals surface area contributed by atoms with Gasteiger partial charge in [0.25, 0.3) is 0 Å². The summed E-state index contributed by atoms with van der Waals surface area (Å²) in [6.07, 6.45) is 0. The van der Waals surface area contributed by atoms with Crippen LogP contribution in [0, 0.1) is 0 Å². The second kappa shape index (κ2) is 14.5. The van der Waals surface area contributed by atoms with Crippen molar-refractivity contribution in [2.24, 2.45) is 0 Å². The molecule has 0 amide bonds. The van der Waals surface area contributed by atoms with Gasteiger partial charge in [-0.25, -0.2) is 9.97 Å². The van der Waals surface area contributed by atoms with E-state index in [9.17, 15) is 0 Å². The average Bonchev–Trinajstić information content (AvgIpc) is 3.87. The van der Waals surface area contributed by atoms with E-state index in [1.54, 1.807) is 0 Å². The van der Waals surface area contributed by atoms with Gasteiger partial charge in [0, 0.05) is 58.8 Å². The van der Waals surface area contributed by atoms with Crippen molar-refractivity contribution in [3.8, 4) is 39.5 Å². The van der Waals surface area contributed by atoms with Gasteiger partial charge in [0.2, 0.25) is 5.95 Å². The predicted octanol–water partition coefficient (Wildman–Crippen LogP) is 15.6. The van der Waals surface area contributed by atoms with Crippen LogP contribution in [0.15, 0.2) is 218 Å². The summed E-state index contributed by atoms with van der Waals surface area (Å²) in [5.41, 5.74) is 13.0. The van der Waals surface area contributed by atoms with Gasteiger partial charge < -0.3 is 4.90 Å². The van der Waals surface area contributed by atoms with E-state index < -0.39 is 0 Å². The lowest BCUT2D eigenvalue weighted by molar-refractivity contribution is 1.01. The van der Waals surface area contributed by atoms with Crippen molar-refractivity contribution in [2.75, 3.05) is 4.90 Å². The summed E-state index contributed by atoms with van der Waals surface area (Å²) in [5.74, 6) is 0.652. The number of aromatic nitrogens is 3. The van der Waals surface area contributed by atoms with E-state index in [-0.39, 0.29) is 0 Å². The molecule has 4 nitrogen and oxygen atoms in total. The number of hydrogen-bond donors (Lipinski definition) is 0. The molecule has 0 radical (unpaired) electrons. The molecule has 0 aliphatic rings. The van der Waals surface area contributed by atoms with Gasteiger partial charge in [-0.05, 0) is 71.3 Å². The zero-order chi connectivity index (χ0) is 40.3. The molecule has 0 spiro atoms. The molecule has 61 heavy (non-hydrogen) atoms. The van der Waals surface area contributed by atoms with Crippen LogP contribution in [0.3, 0.4) is 0 Å². The van der Waals surface area contributed by atoms with Crippen LogP contribution in [0.1, 0.15) is 0 Å². The number of para-hydroxylation sites is 3. The highest BCUT2D eigenvalue weighted by Crippen LogP contribution is 2.44. The van der Waals surface area contributed by atoms with Gasteiger partial charge in [0.05, 0.1) is 27.9 Å². The molecule has 12 aromatic rings. The fraction of sp³-hybridized carbons (Fsp3) is 0. The molecular weight excluding hydrogens is 761 g/mol. The molecule has 0 saturated carbocycles. The lowest BCUT2D eigenvalue weighted by Crippen LogP contribution is -2.11. The minimum Gasteiger partial charge on any atom is -0.310 e. The van der Waals surface area contributed by atoms with Crippen molar-refractivity contribution in [3.63, 3.8) is 0 Å². The minimum absolute atomic E-state index is 0.652. The summed E-state index contributed by atoms with van der Waals surface area (Å²) < 4.78 is 4.80. The van der Waals surface area contributed by atoms with E-state index in [0.717, 1.165) is 66.8 Å². The average molecular weight is 797 g/mol. The first-order valence-electron chi connectivity index (χ1n) is 20.6. The van der Waals surface area contributed by atoms with Gasteiger partial charge in [0.15, 0.2) is 0 Å². The zero-order valence-corrected chi connectivity index (χ0v) is 33.8. The third-order valence-electron chi connectivity index (χ3n) is 11.8. The third-order valence-corrected chi connectivity index (χ3v) is 13.0. The molecule has 0 unspecified atom stereocenters.